The van der Waals surface area contributed by atoms with Crippen molar-refractivity contribution in [3.05, 3.63) is 39.2 Å². The van der Waals surface area contributed by atoms with Crippen LogP contribution in [0.2, 0.25) is 0 Å². The summed E-state index contributed by atoms with van der Waals surface area (Å²) in [5.41, 5.74) is 1.16. The summed E-state index contributed by atoms with van der Waals surface area (Å²) in [6.07, 6.45) is 2.41. The molecule has 0 N–H and O–H groups in total. The van der Waals surface area contributed by atoms with Crippen LogP contribution in [-0.4, -0.2) is 5.75 Å². The molecule has 1 aromatic heterocycles. The summed E-state index contributed by atoms with van der Waals surface area (Å²) in [6, 6.07) is 10.2. The molecule has 2 rings (SSSR count). The molecule has 0 aliphatic carbocycles. The van der Waals surface area contributed by atoms with Crippen molar-refractivity contribution in [3.8, 4) is 10.4 Å². The van der Waals surface area contributed by atoms with E-state index in [-0.39, 0.29) is 4.06 Å². The van der Waals surface area contributed by atoms with Crippen molar-refractivity contribution >= 4 is 34.4 Å². The van der Waals surface area contributed by atoms with Crippen molar-refractivity contribution in [1.29, 1.82) is 0 Å². The first-order valence-electron chi connectivity index (χ1n) is 5.63. The van der Waals surface area contributed by atoms with Gasteiger partial charge in [-0.1, -0.05) is 66.3 Å². The molecule has 0 bridgehead atoms. The van der Waals surface area contributed by atoms with Crippen LogP contribution in [0.25, 0.3) is 10.4 Å². The lowest BCUT2D eigenvalue weighted by atomic mass is 10.2. The molecule has 1 nitrogen and oxygen atoms in total. The van der Waals surface area contributed by atoms with Crippen molar-refractivity contribution in [1.82, 2.24) is 0 Å². The van der Waals surface area contributed by atoms with Crippen molar-refractivity contribution in [2.75, 3.05) is 5.75 Å². The number of rotatable bonds is 5. The van der Waals surface area contributed by atoms with E-state index >= 15 is 0 Å². The molecule has 0 saturated heterocycles. The normalized spacial score (nSPS) is 10.6. The minimum atomic E-state index is 0.197. The second-order valence-corrected chi connectivity index (χ2v) is 7.23. The van der Waals surface area contributed by atoms with E-state index in [1.807, 2.05) is 30.0 Å². The summed E-state index contributed by atoms with van der Waals surface area (Å²) >= 11 is 4.57. The molecule has 0 radical (unpaired) electrons. The lowest BCUT2D eigenvalue weighted by molar-refractivity contribution is 0.897. The molecule has 0 atom stereocenters. The predicted octanol–water partition coefficient (Wildman–Crippen LogP) is 4.73. The first kappa shape index (κ1) is 12.9. The van der Waals surface area contributed by atoms with Crippen LogP contribution in [0.4, 0.5) is 0 Å². The largest absolute Gasteiger partial charge is 0.289 e. The summed E-state index contributed by atoms with van der Waals surface area (Å²) in [5, 5.41) is 0. The smallest absolute Gasteiger partial charge is 0.265 e. The highest BCUT2D eigenvalue weighted by Crippen LogP contribution is 2.37. The molecule has 1 aromatic carbocycles. The van der Waals surface area contributed by atoms with Crippen LogP contribution in [0.1, 0.15) is 19.8 Å². The molecule has 1 heterocycles. The predicted molar refractivity (Wildman–Crippen MR) is 79.5 cm³/mol. The van der Waals surface area contributed by atoms with E-state index in [1.54, 1.807) is 0 Å². The zero-order chi connectivity index (χ0) is 12.1. The van der Waals surface area contributed by atoms with Gasteiger partial charge in [0.1, 0.15) is 0 Å². The molecule has 0 spiro atoms. The number of benzene rings is 1. The number of thioether (sulfide) groups is 1. The molecular weight excluding hydrogens is 268 g/mol. The molecule has 0 saturated carbocycles. The third-order valence-corrected chi connectivity index (χ3v) is 6.00. The van der Waals surface area contributed by atoms with E-state index in [0.717, 1.165) is 16.2 Å². The summed E-state index contributed by atoms with van der Waals surface area (Å²) < 4.78 is 1.38. The van der Waals surface area contributed by atoms with Gasteiger partial charge in [-0.15, -0.1) is 11.8 Å². The zero-order valence-corrected chi connectivity index (χ0v) is 12.1. The van der Waals surface area contributed by atoms with Gasteiger partial charge in [-0.05, 0) is 17.7 Å². The molecule has 0 amide bonds. The lowest BCUT2D eigenvalue weighted by Gasteiger charge is -2.01. The Morgan fingerprint density at radius 2 is 1.94 bits per heavy atom. The topological polar surface area (TPSA) is 17.1 Å². The third-order valence-electron chi connectivity index (χ3n) is 2.31. The summed E-state index contributed by atoms with van der Waals surface area (Å²) in [4.78, 5) is 12.7. The highest BCUT2D eigenvalue weighted by molar-refractivity contribution is 8.01. The Morgan fingerprint density at radius 3 is 2.65 bits per heavy atom. The standard InChI is InChI=1S/C13H14OS3/c1-2-3-9-15-12-11(16-13(14)17-12)10-7-5-4-6-8-10/h4-8H,2-3,9H2,1H3. The fourth-order valence-corrected chi connectivity index (χ4v) is 5.26. The van der Waals surface area contributed by atoms with Gasteiger partial charge in [-0.2, -0.15) is 0 Å². The minimum Gasteiger partial charge on any atom is -0.265 e. The van der Waals surface area contributed by atoms with Gasteiger partial charge >= 0.3 is 0 Å². The summed E-state index contributed by atoms with van der Waals surface area (Å²) in [6.45, 7) is 2.19. The fraction of sp³-hybridized carbons (Fsp3) is 0.308. The maximum Gasteiger partial charge on any atom is 0.289 e. The zero-order valence-electron chi connectivity index (χ0n) is 9.64. The average molecular weight is 282 g/mol. The molecule has 0 aliphatic rings. The van der Waals surface area contributed by atoms with E-state index in [1.165, 1.54) is 39.7 Å². The Balaban J connectivity index is 2.25. The van der Waals surface area contributed by atoms with E-state index in [4.69, 9.17) is 0 Å². The molecule has 4 heteroatoms. The highest BCUT2D eigenvalue weighted by atomic mass is 32.2. The molecule has 2 aromatic rings. The molecular formula is C13H14OS3. The van der Waals surface area contributed by atoms with Crippen LogP contribution in [0, 0.1) is 0 Å². The quantitative estimate of drug-likeness (QED) is 0.582. The van der Waals surface area contributed by atoms with Crippen LogP contribution in [0.15, 0.2) is 39.3 Å². The van der Waals surface area contributed by atoms with Crippen molar-refractivity contribution in [2.45, 2.75) is 24.0 Å². The van der Waals surface area contributed by atoms with E-state index in [2.05, 4.69) is 19.1 Å². The maximum atomic E-state index is 11.5. The Kier molecular flexibility index (Phi) is 4.83. The van der Waals surface area contributed by atoms with Crippen LogP contribution in [0.5, 0.6) is 0 Å². The first-order valence-corrected chi connectivity index (χ1v) is 8.25. The Hall–Kier alpha value is -0.580. The van der Waals surface area contributed by atoms with Gasteiger partial charge in [-0.3, -0.25) is 4.79 Å². The molecule has 0 fully saturated rings. The third kappa shape index (κ3) is 3.44. The number of hydrogen-bond acceptors (Lipinski definition) is 4. The van der Waals surface area contributed by atoms with Crippen LogP contribution >= 0.6 is 34.4 Å². The SMILES string of the molecule is CCCCSc1sc(=O)sc1-c1ccccc1. The maximum absolute atomic E-state index is 11.5. The number of hydrogen-bond donors (Lipinski definition) is 0. The molecule has 17 heavy (non-hydrogen) atoms. The average Bonchev–Trinajstić information content (AvgIpc) is 2.72. The highest BCUT2D eigenvalue weighted by Gasteiger charge is 2.10. The van der Waals surface area contributed by atoms with Gasteiger partial charge in [0.05, 0.1) is 9.09 Å². The van der Waals surface area contributed by atoms with Crippen molar-refractivity contribution < 1.29 is 0 Å². The molecule has 90 valence electrons. The van der Waals surface area contributed by atoms with E-state index in [9.17, 15) is 4.79 Å². The summed E-state index contributed by atoms with van der Waals surface area (Å²) in [5.74, 6) is 1.10. The molecule has 0 unspecified atom stereocenters. The summed E-state index contributed by atoms with van der Waals surface area (Å²) in [7, 11) is 0. The van der Waals surface area contributed by atoms with Crippen LogP contribution in [-0.2, 0) is 0 Å². The minimum absolute atomic E-state index is 0.197. The van der Waals surface area contributed by atoms with E-state index in [0.29, 0.717) is 0 Å². The van der Waals surface area contributed by atoms with Gasteiger partial charge in [0.15, 0.2) is 0 Å². The van der Waals surface area contributed by atoms with Gasteiger partial charge in [0.25, 0.3) is 4.06 Å². The van der Waals surface area contributed by atoms with Crippen molar-refractivity contribution in [3.63, 3.8) is 0 Å². The van der Waals surface area contributed by atoms with Gasteiger partial charge in [0.2, 0.25) is 0 Å². The Morgan fingerprint density at radius 1 is 1.18 bits per heavy atom. The first-order chi connectivity index (χ1) is 8.31. The van der Waals surface area contributed by atoms with Crippen molar-refractivity contribution in [2.24, 2.45) is 0 Å². The van der Waals surface area contributed by atoms with Gasteiger partial charge in [0, 0.05) is 0 Å². The Bertz CT molecular complexity index is 513. The Labute approximate surface area is 114 Å². The second-order valence-electron chi connectivity index (χ2n) is 3.64. The monoisotopic (exact) mass is 282 g/mol. The number of unbranched alkanes of at least 4 members (excludes halogenated alkanes) is 1. The second kappa shape index (κ2) is 6.38. The lowest BCUT2D eigenvalue weighted by Crippen LogP contribution is -1.78. The molecule has 0 aliphatic heterocycles. The van der Waals surface area contributed by atoms with Crippen LogP contribution in [0.3, 0.4) is 0 Å². The van der Waals surface area contributed by atoms with Gasteiger partial charge in [-0.25, -0.2) is 0 Å². The van der Waals surface area contributed by atoms with Crippen LogP contribution < -0.4 is 4.06 Å². The fourth-order valence-electron chi connectivity index (χ4n) is 1.44. The van der Waals surface area contributed by atoms with Gasteiger partial charge < -0.3 is 0 Å². The van der Waals surface area contributed by atoms with E-state index < -0.39 is 0 Å².